The molecule has 1 atom stereocenters. The van der Waals surface area contributed by atoms with Crippen LogP contribution in [0.5, 0.6) is 5.88 Å². The van der Waals surface area contributed by atoms with Crippen LogP contribution in [-0.4, -0.2) is 48.8 Å². The van der Waals surface area contributed by atoms with Gasteiger partial charge in [-0.05, 0) is 24.3 Å². The van der Waals surface area contributed by atoms with E-state index in [1.165, 1.54) is 18.7 Å². The van der Waals surface area contributed by atoms with Crippen LogP contribution in [-0.2, 0) is 6.54 Å². The Morgan fingerprint density at radius 1 is 1.46 bits per heavy atom. The smallest absolute Gasteiger partial charge is 0.422 e. The fourth-order valence-electron chi connectivity index (χ4n) is 2.65. The summed E-state index contributed by atoms with van der Waals surface area (Å²) in [7, 11) is 1.74. The van der Waals surface area contributed by atoms with Gasteiger partial charge in [0, 0.05) is 38.9 Å². The van der Waals surface area contributed by atoms with E-state index in [1.54, 1.807) is 13.1 Å². The molecule has 2 heterocycles. The number of aliphatic imine (C=N–C) groups is 1. The molecule has 1 N–H and O–H groups in total. The first-order valence-corrected chi connectivity index (χ1v) is 7.97. The summed E-state index contributed by atoms with van der Waals surface area (Å²) in [5.41, 5.74) is 0.848. The topological polar surface area (TPSA) is 49.8 Å². The predicted molar refractivity (Wildman–Crippen MR) is 86.0 cm³/mol. The molecule has 0 aromatic carbocycles. The lowest BCUT2D eigenvalue weighted by Gasteiger charge is -2.33. The van der Waals surface area contributed by atoms with Crippen LogP contribution in [0.15, 0.2) is 23.3 Å². The first-order valence-electron chi connectivity index (χ1n) is 7.97. The Hall–Kier alpha value is -1.99. The van der Waals surface area contributed by atoms with Crippen molar-refractivity contribution < 1.29 is 17.9 Å². The van der Waals surface area contributed by atoms with Gasteiger partial charge in [0.25, 0.3) is 0 Å². The van der Waals surface area contributed by atoms with Crippen LogP contribution in [0.1, 0.15) is 25.3 Å². The van der Waals surface area contributed by atoms with Gasteiger partial charge in [0.05, 0.1) is 0 Å². The number of hydrogen-bond donors (Lipinski definition) is 1. The highest BCUT2D eigenvalue weighted by Crippen LogP contribution is 2.17. The number of rotatable bonds is 4. The first kappa shape index (κ1) is 18.4. The summed E-state index contributed by atoms with van der Waals surface area (Å²) in [4.78, 5) is 10.4. The third kappa shape index (κ3) is 5.90. The van der Waals surface area contributed by atoms with Gasteiger partial charge in [0.1, 0.15) is 0 Å². The summed E-state index contributed by atoms with van der Waals surface area (Å²) in [6, 6.07) is 3.13. The van der Waals surface area contributed by atoms with E-state index >= 15 is 0 Å². The molecule has 0 aliphatic carbocycles. The van der Waals surface area contributed by atoms with Gasteiger partial charge >= 0.3 is 6.18 Å². The summed E-state index contributed by atoms with van der Waals surface area (Å²) < 4.78 is 40.9. The number of pyridine rings is 1. The van der Waals surface area contributed by atoms with Gasteiger partial charge in [0.2, 0.25) is 5.88 Å². The number of halogens is 3. The van der Waals surface area contributed by atoms with Gasteiger partial charge < -0.3 is 15.0 Å². The van der Waals surface area contributed by atoms with Gasteiger partial charge in [-0.2, -0.15) is 13.2 Å². The zero-order valence-electron chi connectivity index (χ0n) is 13.9. The van der Waals surface area contributed by atoms with Gasteiger partial charge in [-0.15, -0.1) is 0 Å². The second kappa shape index (κ2) is 8.21. The minimum Gasteiger partial charge on any atom is -0.468 e. The Kier molecular flexibility index (Phi) is 6.28. The highest BCUT2D eigenvalue weighted by molar-refractivity contribution is 5.79. The lowest BCUT2D eigenvalue weighted by molar-refractivity contribution is -0.154. The molecule has 0 spiro atoms. The van der Waals surface area contributed by atoms with E-state index in [2.05, 4.69) is 31.9 Å². The molecule has 24 heavy (non-hydrogen) atoms. The van der Waals surface area contributed by atoms with Crippen molar-refractivity contribution in [2.24, 2.45) is 10.9 Å². The van der Waals surface area contributed by atoms with Gasteiger partial charge in [-0.1, -0.05) is 13.0 Å². The van der Waals surface area contributed by atoms with Crippen molar-refractivity contribution >= 4 is 5.96 Å². The van der Waals surface area contributed by atoms with Crippen molar-refractivity contribution in [1.82, 2.24) is 15.2 Å². The predicted octanol–water partition coefficient (Wildman–Crippen LogP) is 2.83. The highest BCUT2D eigenvalue weighted by atomic mass is 19.4. The minimum atomic E-state index is -4.36. The van der Waals surface area contributed by atoms with Crippen molar-refractivity contribution in [1.29, 1.82) is 0 Å². The van der Waals surface area contributed by atoms with E-state index in [0.717, 1.165) is 31.0 Å². The highest BCUT2D eigenvalue weighted by Gasteiger charge is 2.28. The van der Waals surface area contributed by atoms with Gasteiger partial charge in [0.15, 0.2) is 12.6 Å². The first-order chi connectivity index (χ1) is 11.4. The number of piperidine rings is 1. The Balaban J connectivity index is 1.84. The van der Waals surface area contributed by atoms with Crippen LogP contribution < -0.4 is 10.1 Å². The Labute approximate surface area is 139 Å². The molecule has 1 saturated heterocycles. The van der Waals surface area contributed by atoms with Crippen LogP contribution in [0.2, 0.25) is 0 Å². The van der Waals surface area contributed by atoms with E-state index in [-0.39, 0.29) is 5.88 Å². The van der Waals surface area contributed by atoms with Crippen molar-refractivity contribution in [3.63, 3.8) is 0 Å². The van der Waals surface area contributed by atoms with E-state index < -0.39 is 12.8 Å². The molecule has 8 heteroatoms. The number of nitrogens with one attached hydrogen (secondary N) is 1. The monoisotopic (exact) mass is 344 g/mol. The maximum atomic E-state index is 12.1. The average molecular weight is 344 g/mol. The van der Waals surface area contributed by atoms with Gasteiger partial charge in [-0.25, -0.2) is 4.98 Å². The fourth-order valence-corrected chi connectivity index (χ4v) is 2.65. The largest absolute Gasteiger partial charge is 0.468 e. The number of hydrogen-bond acceptors (Lipinski definition) is 3. The molecule has 1 aromatic rings. The zero-order valence-corrected chi connectivity index (χ0v) is 13.9. The van der Waals surface area contributed by atoms with Crippen LogP contribution in [0.3, 0.4) is 0 Å². The molecule has 1 fully saturated rings. The average Bonchev–Trinajstić information content (AvgIpc) is 2.54. The lowest BCUT2D eigenvalue weighted by atomic mass is 10.0. The minimum absolute atomic E-state index is 0.0367. The number of aromatic nitrogens is 1. The lowest BCUT2D eigenvalue weighted by Crippen LogP contribution is -2.45. The molecule has 0 bridgehead atoms. The summed E-state index contributed by atoms with van der Waals surface area (Å²) in [6.45, 7) is 3.35. The second-order valence-corrected chi connectivity index (χ2v) is 6.00. The molecule has 134 valence electrons. The number of alkyl halides is 3. The molecular formula is C16H23F3N4O. The summed E-state index contributed by atoms with van der Waals surface area (Å²) >= 11 is 0. The number of nitrogens with zero attached hydrogens (tertiary/aromatic N) is 3. The number of ether oxygens (including phenoxy) is 1. The molecule has 1 aliphatic rings. The molecule has 0 saturated carbocycles. The third-order valence-corrected chi connectivity index (χ3v) is 3.80. The number of guanidine groups is 1. The molecule has 1 aromatic heterocycles. The van der Waals surface area contributed by atoms with Crippen molar-refractivity contribution in [3.8, 4) is 5.88 Å². The van der Waals surface area contributed by atoms with Crippen molar-refractivity contribution in [2.75, 3.05) is 26.7 Å². The normalized spacial score (nSPS) is 19.3. The van der Waals surface area contributed by atoms with Crippen molar-refractivity contribution in [3.05, 3.63) is 23.9 Å². The summed E-state index contributed by atoms with van der Waals surface area (Å²) in [5, 5.41) is 3.27. The van der Waals surface area contributed by atoms with E-state index in [4.69, 9.17) is 0 Å². The summed E-state index contributed by atoms with van der Waals surface area (Å²) in [5.74, 6) is 1.44. The molecule has 1 unspecified atom stereocenters. The molecule has 5 nitrogen and oxygen atoms in total. The van der Waals surface area contributed by atoms with Crippen LogP contribution in [0, 0.1) is 5.92 Å². The maximum Gasteiger partial charge on any atom is 0.422 e. The maximum absolute atomic E-state index is 12.1. The fraction of sp³-hybridized carbons (Fsp3) is 0.625. The standard InChI is InChI=1S/C16H23F3N4O/c1-12-4-3-7-23(10-12)15(20-2)22-9-13-5-6-14(21-8-13)24-11-16(17,18)19/h5-6,8,12H,3-4,7,9-11H2,1-2H3,(H,20,22). The number of likely N-dealkylation sites (tertiary alicyclic amines) is 1. The zero-order chi connectivity index (χ0) is 17.6. The van der Waals surface area contributed by atoms with Crippen LogP contribution >= 0.6 is 0 Å². The molecule has 1 aliphatic heterocycles. The van der Waals surface area contributed by atoms with E-state index in [9.17, 15) is 13.2 Å². The molecule has 0 amide bonds. The molecule has 2 rings (SSSR count). The molecular weight excluding hydrogens is 321 g/mol. The van der Waals surface area contributed by atoms with Crippen LogP contribution in [0.4, 0.5) is 13.2 Å². The summed E-state index contributed by atoms with van der Waals surface area (Å²) in [6.07, 6.45) is -0.476. The van der Waals surface area contributed by atoms with Gasteiger partial charge in [-0.3, -0.25) is 4.99 Å². The van der Waals surface area contributed by atoms with E-state index in [1.807, 2.05) is 0 Å². The third-order valence-electron chi connectivity index (χ3n) is 3.80. The quantitative estimate of drug-likeness (QED) is 0.674. The van der Waals surface area contributed by atoms with Crippen LogP contribution in [0.25, 0.3) is 0 Å². The SMILES string of the molecule is CN=C(NCc1ccc(OCC(F)(F)F)nc1)N1CCCC(C)C1. The van der Waals surface area contributed by atoms with E-state index in [0.29, 0.717) is 12.5 Å². The Morgan fingerprint density at radius 2 is 2.25 bits per heavy atom. The van der Waals surface area contributed by atoms with Crippen molar-refractivity contribution in [2.45, 2.75) is 32.5 Å². The Morgan fingerprint density at radius 3 is 2.83 bits per heavy atom. The Bertz CT molecular complexity index is 545. The second-order valence-electron chi connectivity index (χ2n) is 6.00. The molecule has 0 radical (unpaired) electrons.